The van der Waals surface area contributed by atoms with Crippen LogP contribution in [0.25, 0.3) is 11.0 Å². The van der Waals surface area contributed by atoms with E-state index >= 15 is 0 Å². The molecule has 168 valence electrons. The SMILES string of the molecule is Cc1ccc2c(COC(=O)c3cc(S(=O)(=O)N4CCCCC4)ccc3C)cc(=O)oc2c1. The number of fused-ring (bicyclic) bond motifs is 1. The van der Waals surface area contributed by atoms with Gasteiger partial charge in [0.25, 0.3) is 0 Å². The van der Waals surface area contributed by atoms with Gasteiger partial charge in [-0.3, -0.25) is 0 Å². The van der Waals surface area contributed by atoms with Crippen LogP contribution in [-0.2, 0) is 21.4 Å². The van der Waals surface area contributed by atoms with E-state index < -0.39 is 21.6 Å². The molecule has 1 saturated heterocycles. The number of benzene rings is 2. The third kappa shape index (κ3) is 4.47. The first-order valence-corrected chi connectivity index (χ1v) is 12.0. The van der Waals surface area contributed by atoms with Gasteiger partial charge in [-0.25, -0.2) is 18.0 Å². The van der Waals surface area contributed by atoms with Gasteiger partial charge < -0.3 is 9.15 Å². The number of aryl methyl sites for hydroxylation is 2. The minimum absolute atomic E-state index is 0.0817. The fourth-order valence-corrected chi connectivity index (χ4v) is 5.46. The van der Waals surface area contributed by atoms with Crippen LogP contribution in [0.5, 0.6) is 0 Å². The number of rotatable bonds is 5. The molecule has 1 aliphatic rings. The van der Waals surface area contributed by atoms with E-state index in [0.29, 0.717) is 35.2 Å². The molecule has 0 spiro atoms. The smallest absolute Gasteiger partial charge is 0.338 e. The van der Waals surface area contributed by atoms with Crippen molar-refractivity contribution >= 4 is 27.0 Å². The standard InChI is InChI=1S/C24H25NO6S/c1-16-6-9-20-18(13-23(26)31-22(20)12-16)15-30-24(27)21-14-19(8-7-17(21)2)32(28,29)25-10-4-3-5-11-25/h6-9,12-14H,3-5,10-11,15H2,1-2H3. The average Bonchev–Trinajstić information content (AvgIpc) is 2.77. The second kappa shape index (κ2) is 8.88. The molecule has 0 N–H and O–H groups in total. The quantitative estimate of drug-likeness (QED) is 0.427. The fourth-order valence-electron chi connectivity index (χ4n) is 3.91. The Bertz CT molecular complexity index is 1340. The number of carbonyl (C=O) groups excluding carboxylic acids is 1. The van der Waals surface area contributed by atoms with E-state index in [2.05, 4.69) is 0 Å². The zero-order valence-corrected chi connectivity index (χ0v) is 18.9. The zero-order valence-electron chi connectivity index (χ0n) is 18.1. The molecule has 0 saturated carbocycles. The molecule has 1 aliphatic heterocycles. The lowest BCUT2D eigenvalue weighted by molar-refractivity contribution is 0.0472. The molecule has 1 aromatic heterocycles. The van der Waals surface area contributed by atoms with Crippen molar-refractivity contribution in [2.45, 2.75) is 44.6 Å². The van der Waals surface area contributed by atoms with Crippen LogP contribution in [0.2, 0.25) is 0 Å². The maximum absolute atomic E-state index is 13.0. The third-order valence-corrected chi connectivity index (χ3v) is 7.62. The predicted molar refractivity (Wildman–Crippen MR) is 120 cm³/mol. The van der Waals surface area contributed by atoms with Crippen molar-refractivity contribution in [2.24, 2.45) is 0 Å². The maximum atomic E-state index is 13.0. The van der Waals surface area contributed by atoms with Crippen LogP contribution >= 0.6 is 0 Å². The molecule has 0 atom stereocenters. The highest BCUT2D eigenvalue weighted by Crippen LogP contribution is 2.24. The minimum atomic E-state index is -3.67. The largest absolute Gasteiger partial charge is 0.457 e. The van der Waals surface area contributed by atoms with E-state index in [1.165, 1.54) is 22.5 Å². The number of carbonyl (C=O) groups is 1. The number of nitrogens with zero attached hydrogens (tertiary/aromatic N) is 1. The first-order valence-electron chi connectivity index (χ1n) is 10.6. The van der Waals surface area contributed by atoms with E-state index in [1.54, 1.807) is 19.1 Å². The molecule has 0 aliphatic carbocycles. The van der Waals surface area contributed by atoms with Gasteiger partial charge >= 0.3 is 11.6 Å². The van der Waals surface area contributed by atoms with Gasteiger partial charge in [0, 0.05) is 30.1 Å². The summed E-state index contributed by atoms with van der Waals surface area (Å²) in [4.78, 5) is 24.8. The van der Waals surface area contributed by atoms with Crippen molar-refractivity contribution in [1.29, 1.82) is 0 Å². The van der Waals surface area contributed by atoms with E-state index in [4.69, 9.17) is 9.15 Å². The molecule has 0 bridgehead atoms. The molecule has 0 amide bonds. The fraction of sp³-hybridized carbons (Fsp3) is 0.333. The van der Waals surface area contributed by atoms with Crippen LogP contribution in [0, 0.1) is 13.8 Å². The van der Waals surface area contributed by atoms with Crippen molar-refractivity contribution < 1.29 is 22.4 Å². The molecule has 7 nitrogen and oxygen atoms in total. The van der Waals surface area contributed by atoms with Gasteiger partial charge in [-0.2, -0.15) is 4.31 Å². The molecule has 2 heterocycles. The zero-order chi connectivity index (χ0) is 22.9. The van der Waals surface area contributed by atoms with Crippen LogP contribution in [0.4, 0.5) is 0 Å². The summed E-state index contributed by atoms with van der Waals surface area (Å²) in [6, 6.07) is 11.3. The molecule has 0 unspecified atom stereocenters. The number of hydrogen-bond donors (Lipinski definition) is 0. The molecule has 8 heteroatoms. The van der Waals surface area contributed by atoms with Crippen LogP contribution in [0.1, 0.15) is 46.3 Å². The highest BCUT2D eigenvalue weighted by molar-refractivity contribution is 7.89. The lowest BCUT2D eigenvalue weighted by Crippen LogP contribution is -2.35. The van der Waals surface area contributed by atoms with Crippen molar-refractivity contribution in [2.75, 3.05) is 13.1 Å². The monoisotopic (exact) mass is 455 g/mol. The first kappa shape index (κ1) is 22.2. The Morgan fingerprint density at radius 3 is 2.53 bits per heavy atom. The Kier molecular flexibility index (Phi) is 6.17. The molecular formula is C24H25NO6S. The van der Waals surface area contributed by atoms with Crippen LogP contribution in [0.15, 0.2) is 56.6 Å². The van der Waals surface area contributed by atoms with Crippen LogP contribution < -0.4 is 5.63 Å². The number of ether oxygens (including phenoxy) is 1. The summed E-state index contributed by atoms with van der Waals surface area (Å²) in [5.41, 5.74) is 2.16. The van der Waals surface area contributed by atoms with Gasteiger partial charge in [-0.15, -0.1) is 0 Å². The van der Waals surface area contributed by atoms with Crippen molar-refractivity contribution in [1.82, 2.24) is 4.31 Å². The second-order valence-corrected chi connectivity index (χ2v) is 10.0. The second-order valence-electron chi connectivity index (χ2n) is 8.11. The first-order chi connectivity index (χ1) is 15.3. The summed E-state index contributed by atoms with van der Waals surface area (Å²) in [6.07, 6.45) is 2.68. The van der Waals surface area contributed by atoms with Gasteiger partial charge in [0.05, 0.1) is 10.5 Å². The van der Waals surface area contributed by atoms with Gasteiger partial charge in [-0.1, -0.05) is 24.6 Å². The van der Waals surface area contributed by atoms with Crippen LogP contribution in [0.3, 0.4) is 0 Å². The summed E-state index contributed by atoms with van der Waals surface area (Å²) in [7, 11) is -3.67. The molecule has 3 aromatic rings. The summed E-state index contributed by atoms with van der Waals surface area (Å²) in [5.74, 6) is -0.647. The topological polar surface area (TPSA) is 93.9 Å². The molecule has 1 fully saturated rings. The molecule has 0 radical (unpaired) electrons. The lowest BCUT2D eigenvalue weighted by Gasteiger charge is -2.26. The summed E-state index contributed by atoms with van der Waals surface area (Å²) < 4.78 is 38.2. The normalized spacial score (nSPS) is 15.1. The van der Waals surface area contributed by atoms with E-state index in [-0.39, 0.29) is 17.1 Å². The molecule has 32 heavy (non-hydrogen) atoms. The molecular weight excluding hydrogens is 430 g/mol. The van der Waals surface area contributed by atoms with Crippen molar-refractivity contribution in [3.63, 3.8) is 0 Å². The van der Waals surface area contributed by atoms with Crippen molar-refractivity contribution in [3.05, 3.63) is 75.1 Å². The third-order valence-electron chi connectivity index (χ3n) is 5.73. The minimum Gasteiger partial charge on any atom is -0.457 e. The van der Waals surface area contributed by atoms with E-state index in [9.17, 15) is 18.0 Å². The van der Waals surface area contributed by atoms with Crippen LogP contribution in [-0.4, -0.2) is 31.8 Å². The predicted octanol–water partition coefficient (Wildman–Crippen LogP) is 3.94. The Balaban J connectivity index is 1.59. The van der Waals surface area contributed by atoms with E-state index in [0.717, 1.165) is 24.8 Å². The Hall–Kier alpha value is -2.97. The summed E-state index contributed by atoms with van der Waals surface area (Å²) in [6.45, 7) is 4.45. The lowest BCUT2D eigenvalue weighted by atomic mass is 10.1. The number of piperidine rings is 1. The molecule has 4 rings (SSSR count). The summed E-state index contributed by atoms with van der Waals surface area (Å²) >= 11 is 0. The Morgan fingerprint density at radius 2 is 1.78 bits per heavy atom. The van der Waals surface area contributed by atoms with E-state index in [1.807, 2.05) is 19.1 Å². The maximum Gasteiger partial charge on any atom is 0.338 e. The summed E-state index contributed by atoms with van der Waals surface area (Å²) in [5, 5.41) is 0.682. The average molecular weight is 456 g/mol. The van der Waals surface area contributed by atoms with Crippen molar-refractivity contribution in [3.8, 4) is 0 Å². The Labute approximate surface area is 186 Å². The van der Waals surface area contributed by atoms with Gasteiger partial charge in [-0.05, 0) is 56.0 Å². The number of sulfonamides is 1. The van der Waals surface area contributed by atoms with Gasteiger partial charge in [0.2, 0.25) is 10.0 Å². The van der Waals surface area contributed by atoms with Gasteiger partial charge in [0.1, 0.15) is 12.2 Å². The highest BCUT2D eigenvalue weighted by atomic mass is 32.2. The highest BCUT2D eigenvalue weighted by Gasteiger charge is 2.27. The number of esters is 1. The molecule has 2 aromatic carbocycles. The van der Waals surface area contributed by atoms with Gasteiger partial charge in [0.15, 0.2) is 0 Å². The Morgan fingerprint density at radius 1 is 1.03 bits per heavy atom. The number of hydrogen-bond acceptors (Lipinski definition) is 6.